The summed E-state index contributed by atoms with van der Waals surface area (Å²) in [6.45, 7) is -0.240. The van der Waals surface area contributed by atoms with Crippen LogP contribution in [0.2, 0.25) is 0 Å². The zero-order valence-electron chi connectivity index (χ0n) is 16.0. The van der Waals surface area contributed by atoms with Crippen molar-refractivity contribution in [2.45, 2.75) is 13.2 Å². The molecule has 0 N–H and O–H groups in total. The molecular weight excluding hydrogens is 474 g/mol. The minimum Gasteiger partial charge on any atom is -0.496 e. The molecule has 0 fully saturated rings. The first kappa shape index (κ1) is 20.2. The molecule has 11 heteroatoms. The minimum atomic E-state index is -0.559. The number of carbonyl (C=O) groups excluding carboxylic acids is 1. The standard InChI is InChI=1S/C19H16BrN5O4S/c1-24-17-14(6-22-24)19(27)25(10-21-17)7-16(26)29-8-12-9-30-18(23-12)13-5-11(20)3-4-15(13)28-2/h3-6,9-10H,7-8H2,1-2H3. The van der Waals surface area contributed by atoms with Crippen LogP contribution in [-0.4, -0.2) is 37.4 Å². The molecule has 0 amide bonds. The Morgan fingerprint density at radius 3 is 2.97 bits per heavy atom. The van der Waals surface area contributed by atoms with Crippen LogP contribution >= 0.6 is 27.3 Å². The second-order valence-electron chi connectivity index (χ2n) is 6.33. The van der Waals surface area contributed by atoms with Crippen molar-refractivity contribution in [3.8, 4) is 16.3 Å². The molecule has 3 heterocycles. The van der Waals surface area contributed by atoms with Crippen molar-refractivity contribution in [2.75, 3.05) is 7.11 Å². The van der Waals surface area contributed by atoms with Crippen LogP contribution in [0.4, 0.5) is 0 Å². The molecule has 0 saturated carbocycles. The van der Waals surface area contributed by atoms with Crippen molar-refractivity contribution >= 4 is 44.3 Å². The first-order valence-corrected chi connectivity index (χ1v) is 10.4. The van der Waals surface area contributed by atoms with E-state index in [0.717, 1.165) is 15.0 Å². The number of fused-ring (bicyclic) bond motifs is 1. The van der Waals surface area contributed by atoms with Gasteiger partial charge in [-0.3, -0.25) is 18.8 Å². The summed E-state index contributed by atoms with van der Waals surface area (Å²) in [5, 5.41) is 6.92. The predicted octanol–water partition coefficient (Wildman–Crippen LogP) is 2.77. The molecule has 0 unspecified atom stereocenters. The smallest absolute Gasteiger partial charge is 0.326 e. The average Bonchev–Trinajstić information content (AvgIpc) is 3.36. The van der Waals surface area contributed by atoms with Gasteiger partial charge < -0.3 is 9.47 Å². The molecule has 0 aliphatic rings. The van der Waals surface area contributed by atoms with Crippen LogP contribution in [0.25, 0.3) is 21.6 Å². The Kier molecular flexibility index (Phi) is 5.64. The van der Waals surface area contributed by atoms with Crippen molar-refractivity contribution in [3.63, 3.8) is 0 Å². The van der Waals surface area contributed by atoms with Crippen LogP contribution < -0.4 is 10.3 Å². The van der Waals surface area contributed by atoms with Crippen LogP contribution in [0.3, 0.4) is 0 Å². The maximum Gasteiger partial charge on any atom is 0.326 e. The molecule has 4 rings (SSSR count). The first-order chi connectivity index (χ1) is 14.5. The molecule has 30 heavy (non-hydrogen) atoms. The van der Waals surface area contributed by atoms with Gasteiger partial charge in [0, 0.05) is 16.9 Å². The van der Waals surface area contributed by atoms with Crippen molar-refractivity contribution in [1.82, 2.24) is 24.3 Å². The number of rotatable bonds is 6. The minimum absolute atomic E-state index is 0.00294. The summed E-state index contributed by atoms with van der Waals surface area (Å²) >= 11 is 4.87. The maximum absolute atomic E-state index is 12.4. The number of benzene rings is 1. The van der Waals surface area contributed by atoms with Crippen molar-refractivity contribution < 1.29 is 14.3 Å². The molecule has 0 atom stereocenters. The van der Waals surface area contributed by atoms with Crippen molar-refractivity contribution in [1.29, 1.82) is 0 Å². The monoisotopic (exact) mass is 489 g/mol. The van der Waals surface area contributed by atoms with Crippen molar-refractivity contribution in [3.05, 3.63) is 56.6 Å². The zero-order valence-corrected chi connectivity index (χ0v) is 18.4. The number of ether oxygens (including phenoxy) is 2. The number of hydrogen-bond donors (Lipinski definition) is 0. The molecule has 9 nitrogen and oxygen atoms in total. The van der Waals surface area contributed by atoms with Gasteiger partial charge in [-0.2, -0.15) is 5.10 Å². The summed E-state index contributed by atoms with van der Waals surface area (Å²) in [5.74, 6) is 0.144. The number of methoxy groups -OCH3 is 1. The Bertz CT molecular complexity index is 1300. The van der Waals surface area contributed by atoms with Gasteiger partial charge in [-0.05, 0) is 18.2 Å². The third kappa shape index (κ3) is 3.98. The average molecular weight is 490 g/mol. The number of hydrogen-bond acceptors (Lipinski definition) is 8. The highest BCUT2D eigenvalue weighted by Gasteiger charge is 2.14. The fourth-order valence-corrected chi connectivity index (χ4v) is 4.05. The van der Waals surface area contributed by atoms with Crippen LogP contribution in [-0.2, 0) is 29.7 Å². The van der Waals surface area contributed by atoms with Crippen LogP contribution in [0.15, 0.2) is 45.4 Å². The van der Waals surface area contributed by atoms with Gasteiger partial charge in [-0.25, -0.2) is 9.97 Å². The number of halogens is 1. The Balaban J connectivity index is 1.44. The van der Waals surface area contributed by atoms with Gasteiger partial charge >= 0.3 is 5.97 Å². The number of aryl methyl sites for hydroxylation is 1. The molecule has 0 bridgehead atoms. The lowest BCUT2D eigenvalue weighted by molar-refractivity contribution is -0.145. The van der Waals surface area contributed by atoms with Gasteiger partial charge in [-0.1, -0.05) is 15.9 Å². The third-order valence-corrected chi connectivity index (χ3v) is 5.76. The second-order valence-corrected chi connectivity index (χ2v) is 8.11. The van der Waals surface area contributed by atoms with E-state index < -0.39 is 5.97 Å². The van der Waals surface area contributed by atoms with Gasteiger partial charge in [0.05, 0.1) is 24.6 Å². The number of esters is 1. The normalized spacial score (nSPS) is 11.0. The molecule has 0 aliphatic heterocycles. The van der Waals surface area contributed by atoms with Gasteiger partial charge in [0.15, 0.2) is 5.65 Å². The van der Waals surface area contributed by atoms with E-state index >= 15 is 0 Å². The molecule has 0 spiro atoms. The molecule has 3 aromatic heterocycles. The van der Waals surface area contributed by atoms with E-state index in [-0.39, 0.29) is 18.7 Å². The highest BCUT2D eigenvalue weighted by Crippen LogP contribution is 2.34. The Morgan fingerprint density at radius 1 is 1.33 bits per heavy atom. The van der Waals surface area contributed by atoms with Crippen LogP contribution in [0.1, 0.15) is 5.69 Å². The molecular formula is C19H16BrN5O4S. The number of aromatic nitrogens is 5. The molecule has 0 radical (unpaired) electrons. The topological polar surface area (TPSA) is 101 Å². The zero-order chi connectivity index (χ0) is 21.3. The number of nitrogens with zero attached hydrogens (tertiary/aromatic N) is 5. The maximum atomic E-state index is 12.4. The number of carbonyl (C=O) groups is 1. The quantitative estimate of drug-likeness (QED) is 0.383. The van der Waals surface area contributed by atoms with Crippen LogP contribution in [0, 0.1) is 0 Å². The van der Waals surface area contributed by atoms with E-state index in [9.17, 15) is 9.59 Å². The van der Waals surface area contributed by atoms with Gasteiger partial charge in [-0.15, -0.1) is 11.3 Å². The van der Waals surface area contributed by atoms with Gasteiger partial charge in [0.25, 0.3) is 5.56 Å². The van der Waals surface area contributed by atoms with E-state index in [4.69, 9.17) is 9.47 Å². The van der Waals surface area contributed by atoms with Crippen LogP contribution in [0.5, 0.6) is 5.75 Å². The van der Waals surface area contributed by atoms with Crippen molar-refractivity contribution in [2.24, 2.45) is 7.05 Å². The van der Waals surface area contributed by atoms with E-state index in [2.05, 4.69) is 31.0 Å². The summed E-state index contributed by atoms with van der Waals surface area (Å²) in [7, 11) is 3.29. The predicted molar refractivity (Wildman–Crippen MR) is 114 cm³/mol. The third-order valence-electron chi connectivity index (χ3n) is 4.34. The van der Waals surface area contributed by atoms with E-state index in [1.165, 1.54) is 33.1 Å². The lowest BCUT2D eigenvalue weighted by atomic mass is 10.2. The fraction of sp³-hybridized carbons (Fsp3) is 0.211. The molecule has 1 aromatic carbocycles. The number of thiazole rings is 1. The molecule has 154 valence electrons. The summed E-state index contributed by atoms with van der Waals surface area (Å²) in [5.41, 5.74) is 1.57. The summed E-state index contributed by atoms with van der Waals surface area (Å²) in [6.07, 6.45) is 2.74. The highest BCUT2D eigenvalue weighted by molar-refractivity contribution is 9.10. The van der Waals surface area contributed by atoms with Gasteiger partial charge in [0.1, 0.15) is 35.6 Å². The summed E-state index contributed by atoms with van der Waals surface area (Å²) < 4.78 is 14.3. The molecule has 0 aliphatic carbocycles. The molecule has 0 saturated heterocycles. The Morgan fingerprint density at radius 2 is 2.17 bits per heavy atom. The molecule has 4 aromatic rings. The summed E-state index contributed by atoms with van der Waals surface area (Å²) in [6, 6.07) is 5.66. The Labute approximate surface area is 183 Å². The highest BCUT2D eigenvalue weighted by atomic mass is 79.9. The lowest BCUT2D eigenvalue weighted by Gasteiger charge is -2.07. The van der Waals surface area contributed by atoms with E-state index in [0.29, 0.717) is 22.5 Å². The van der Waals surface area contributed by atoms with E-state index in [1.54, 1.807) is 14.2 Å². The van der Waals surface area contributed by atoms with Gasteiger partial charge in [0.2, 0.25) is 0 Å². The second kappa shape index (κ2) is 8.36. The van der Waals surface area contributed by atoms with E-state index in [1.807, 2.05) is 23.6 Å². The SMILES string of the molecule is COc1ccc(Br)cc1-c1nc(COC(=O)Cn2cnc3c(cnn3C)c2=O)cs1. The fourth-order valence-electron chi connectivity index (χ4n) is 2.86. The Hall–Kier alpha value is -3.05. The lowest BCUT2D eigenvalue weighted by Crippen LogP contribution is -2.25. The first-order valence-electron chi connectivity index (χ1n) is 8.77. The summed E-state index contributed by atoms with van der Waals surface area (Å²) in [4.78, 5) is 33.3. The largest absolute Gasteiger partial charge is 0.496 e.